The van der Waals surface area contributed by atoms with E-state index >= 15 is 0 Å². The monoisotopic (exact) mass is 348 g/mol. The Hall–Kier alpha value is -1.63. The minimum atomic E-state index is -0.562. The number of nitrogens with zero attached hydrogens (tertiary/aromatic N) is 2. The molecular weight excluding hydrogens is 316 g/mol. The number of aliphatic hydroxyl groups is 1. The number of carbonyl (C=O) groups is 1. The number of benzene rings is 1. The number of hydrogen-bond donors (Lipinski definition) is 3. The average Bonchev–Trinajstić information content (AvgIpc) is 2.58. The summed E-state index contributed by atoms with van der Waals surface area (Å²) in [6, 6.07) is 8.35. The molecule has 6 heteroatoms. The van der Waals surface area contributed by atoms with E-state index in [2.05, 4.69) is 44.7 Å². The molecule has 1 aliphatic heterocycles. The highest BCUT2D eigenvalue weighted by Gasteiger charge is 2.18. The number of aliphatic hydroxyl groups excluding tert-OH is 1. The van der Waals surface area contributed by atoms with Crippen LogP contribution in [0.25, 0.3) is 0 Å². The smallest absolute Gasteiger partial charge is 0.315 e. The summed E-state index contributed by atoms with van der Waals surface area (Å²) in [6.07, 6.45) is 1.35. The van der Waals surface area contributed by atoms with Crippen molar-refractivity contribution in [2.45, 2.75) is 38.5 Å². The van der Waals surface area contributed by atoms with Crippen LogP contribution in [-0.4, -0.2) is 73.4 Å². The number of amides is 2. The first-order valence-corrected chi connectivity index (χ1v) is 9.10. The standard InChI is InChI=1S/C19H32N4O2/c1-15(8-10-22(2)3)21-19(25)20-12-18(24)14-23-11-9-16-6-4-5-7-17(16)13-23/h4-7,15,18,24H,8-14H2,1-3H3,(H2,20,21,25). The fraction of sp³-hybridized carbons (Fsp3) is 0.632. The molecule has 25 heavy (non-hydrogen) atoms. The molecule has 3 N–H and O–H groups in total. The number of β-amino-alcohol motifs (C(OH)–C–C–N with tert-alkyl or cyclic N) is 1. The van der Waals surface area contributed by atoms with Gasteiger partial charge in [-0.15, -0.1) is 0 Å². The molecule has 1 heterocycles. The lowest BCUT2D eigenvalue weighted by Gasteiger charge is -2.30. The Labute approximate surface area is 151 Å². The van der Waals surface area contributed by atoms with Crippen molar-refractivity contribution in [3.05, 3.63) is 35.4 Å². The van der Waals surface area contributed by atoms with Gasteiger partial charge in [0.1, 0.15) is 0 Å². The van der Waals surface area contributed by atoms with Crippen molar-refractivity contribution in [3.63, 3.8) is 0 Å². The third-order valence-corrected chi connectivity index (χ3v) is 4.56. The van der Waals surface area contributed by atoms with Gasteiger partial charge in [0.2, 0.25) is 0 Å². The van der Waals surface area contributed by atoms with Gasteiger partial charge in [0.25, 0.3) is 0 Å². The molecule has 1 aromatic carbocycles. The van der Waals surface area contributed by atoms with Gasteiger partial charge in [-0.05, 0) is 51.5 Å². The summed E-state index contributed by atoms with van der Waals surface area (Å²) in [6.45, 7) is 5.57. The lowest BCUT2D eigenvalue weighted by molar-refractivity contribution is 0.105. The third-order valence-electron chi connectivity index (χ3n) is 4.56. The lowest BCUT2D eigenvalue weighted by Crippen LogP contribution is -2.46. The molecule has 0 bridgehead atoms. The van der Waals surface area contributed by atoms with E-state index in [1.165, 1.54) is 11.1 Å². The number of nitrogens with one attached hydrogen (secondary N) is 2. The normalized spacial score (nSPS) is 17.0. The number of hydrogen-bond acceptors (Lipinski definition) is 4. The van der Waals surface area contributed by atoms with E-state index in [-0.39, 0.29) is 18.6 Å². The molecule has 6 nitrogen and oxygen atoms in total. The number of fused-ring (bicyclic) bond motifs is 1. The van der Waals surface area contributed by atoms with E-state index in [9.17, 15) is 9.90 Å². The Balaban J connectivity index is 1.65. The highest BCUT2D eigenvalue weighted by atomic mass is 16.3. The van der Waals surface area contributed by atoms with Crippen LogP contribution in [0.4, 0.5) is 4.79 Å². The fourth-order valence-electron chi connectivity index (χ4n) is 3.08. The van der Waals surface area contributed by atoms with E-state index in [4.69, 9.17) is 0 Å². The third kappa shape index (κ3) is 7.02. The summed E-state index contributed by atoms with van der Waals surface area (Å²) in [7, 11) is 4.03. The molecule has 1 aliphatic rings. The van der Waals surface area contributed by atoms with Crippen molar-refractivity contribution in [1.82, 2.24) is 20.4 Å². The molecule has 2 atom stereocenters. The maximum absolute atomic E-state index is 11.9. The summed E-state index contributed by atoms with van der Waals surface area (Å²) in [5, 5.41) is 15.9. The van der Waals surface area contributed by atoms with Crippen molar-refractivity contribution in [1.29, 1.82) is 0 Å². The van der Waals surface area contributed by atoms with E-state index in [1.807, 2.05) is 21.0 Å². The van der Waals surface area contributed by atoms with Crippen molar-refractivity contribution in [3.8, 4) is 0 Å². The van der Waals surface area contributed by atoms with Crippen LogP contribution in [0.2, 0.25) is 0 Å². The Morgan fingerprint density at radius 3 is 2.76 bits per heavy atom. The molecule has 2 amide bonds. The fourth-order valence-corrected chi connectivity index (χ4v) is 3.08. The molecule has 0 aromatic heterocycles. The molecule has 0 saturated carbocycles. The summed E-state index contributed by atoms with van der Waals surface area (Å²) in [4.78, 5) is 16.2. The van der Waals surface area contributed by atoms with Crippen LogP contribution in [-0.2, 0) is 13.0 Å². The van der Waals surface area contributed by atoms with E-state index < -0.39 is 6.10 Å². The van der Waals surface area contributed by atoms with Gasteiger partial charge >= 0.3 is 6.03 Å². The van der Waals surface area contributed by atoms with Crippen LogP contribution in [0.1, 0.15) is 24.5 Å². The SMILES string of the molecule is CC(CCN(C)C)NC(=O)NCC(O)CN1CCc2ccccc2C1. The summed E-state index contributed by atoms with van der Waals surface area (Å²) < 4.78 is 0. The molecule has 2 rings (SSSR count). The minimum absolute atomic E-state index is 0.109. The maximum Gasteiger partial charge on any atom is 0.315 e. The summed E-state index contributed by atoms with van der Waals surface area (Å²) in [5.41, 5.74) is 2.74. The minimum Gasteiger partial charge on any atom is -0.390 e. The molecule has 0 spiro atoms. The van der Waals surface area contributed by atoms with Gasteiger partial charge in [-0.25, -0.2) is 4.79 Å². The zero-order chi connectivity index (χ0) is 18.2. The highest BCUT2D eigenvalue weighted by molar-refractivity contribution is 5.74. The van der Waals surface area contributed by atoms with Gasteiger partial charge in [-0.3, -0.25) is 4.90 Å². The van der Waals surface area contributed by atoms with Gasteiger partial charge in [0.15, 0.2) is 0 Å². The van der Waals surface area contributed by atoms with Crippen molar-refractivity contribution in [2.75, 3.05) is 40.3 Å². The second-order valence-electron chi connectivity index (χ2n) is 7.26. The van der Waals surface area contributed by atoms with Crippen molar-refractivity contribution < 1.29 is 9.90 Å². The second-order valence-corrected chi connectivity index (χ2v) is 7.26. The van der Waals surface area contributed by atoms with Gasteiger partial charge < -0.3 is 20.6 Å². The van der Waals surface area contributed by atoms with Crippen LogP contribution in [0.15, 0.2) is 24.3 Å². The Kier molecular flexibility index (Phi) is 7.68. The zero-order valence-corrected chi connectivity index (χ0v) is 15.7. The molecule has 0 aliphatic carbocycles. The number of carbonyl (C=O) groups excluding carboxylic acids is 1. The van der Waals surface area contributed by atoms with Gasteiger partial charge in [0.05, 0.1) is 6.10 Å². The first-order chi connectivity index (χ1) is 11.9. The summed E-state index contributed by atoms with van der Waals surface area (Å²) >= 11 is 0. The van der Waals surface area contributed by atoms with Gasteiger partial charge in [-0.2, -0.15) is 0 Å². The maximum atomic E-state index is 11.9. The first kappa shape index (κ1) is 19.7. The van der Waals surface area contributed by atoms with Crippen LogP contribution < -0.4 is 10.6 Å². The highest BCUT2D eigenvalue weighted by Crippen LogP contribution is 2.18. The first-order valence-electron chi connectivity index (χ1n) is 9.10. The zero-order valence-electron chi connectivity index (χ0n) is 15.7. The molecule has 140 valence electrons. The molecule has 0 radical (unpaired) electrons. The second kappa shape index (κ2) is 9.75. The van der Waals surface area contributed by atoms with Crippen LogP contribution >= 0.6 is 0 Å². The quantitative estimate of drug-likeness (QED) is 0.657. The summed E-state index contributed by atoms with van der Waals surface area (Å²) in [5.74, 6) is 0. The molecule has 0 fully saturated rings. The molecule has 1 aromatic rings. The topological polar surface area (TPSA) is 67.8 Å². The number of urea groups is 1. The number of rotatable bonds is 8. The predicted octanol–water partition coefficient (Wildman–Crippen LogP) is 1.05. The lowest BCUT2D eigenvalue weighted by atomic mass is 10.00. The Morgan fingerprint density at radius 1 is 1.32 bits per heavy atom. The molecule has 0 saturated heterocycles. The Bertz CT molecular complexity index is 550. The average molecular weight is 348 g/mol. The van der Waals surface area contributed by atoms with E-state index in [0.717, 1.165) is 32.5 Å². The predicted molar refractivity (Wildman–Crippen MR) is 101 cm³/mol. The van der Waals surface area contributed by atoms with Crippen molar-refractivity contribution >= 4 is 6.03 Å². The van der Waals surface area contributed by atoms with Crippen LogP contribution in [0.5, 0.6) is 0 Å². The van der Waals surface area contributed by atoms with Crippen LogP contribution in [0.3, 0.4) is 0 Å². The van der Waals surface area contributed by atoms with Gasteiger partial charge in [-0.1, -0.05) is 24.3 Å². The largest absolute Gasteiger partial charge is 0.390 e. The molecule has 2 unspecified atom stereocenters. The van der Waals surface area contributed by atoms with Gasteiger partial charge in [0, 0.05) is 32.2 Å². The van der Waals surface area contributed by atoms with Crippen LogP contribution in [0, 0.1) is 0 Å². The van der Waals surface area contributed by atoms with E-state index in [1.54, 1.807) is 0 Å². The molecular formula is C19H32N4O2. The van der Waals surface area contributed by atoms with E-state index in [0.29, 0.717) is 6.54 Å². The Morgan fingerprint density at radius 2 is 2.04 bits per heavy atom. The van der Waals surface area contributed by atoms with Crippen molar-refractivity contribution in [2.24, 2.45) is 0 Å².